The molecule has 6 heteroatoms. The average molecular weight is 242 g/mol. The standard InChI is InChI=1S/C10H14N2O3S/c1-8(11-15-2)9-6-4-5-7-10(9)12-16(3,13)14/h4-7,12H,1-3H3/b11-8+. The number of nitrogens with zero attached hydrogens (tertiary/aromatic N) is 1. The van der Waals surface area contributed by atoms with Crippen LogP contribution in [0.4, 0.5) is 5.69 Å². The second-order valence-corrected chi connectivity index (χ2v) is 5.03. The zero-order valence-electron chi connectivity index (χ0n) is 9.39. The zero-order valence-corrected chi connectivity index (χ0v) is 10.2. The van der Waals surface area contributed by atoms with E-state index in [1.54, 1.807) is 31.2 Å². The minimum Gasteiger partial charge on any atom is -0.399 e. The fraction of sp³-hybridized carbons (Fsp3) is 0.300. The van der Waals surface area contributed by atoms with E-state index in [0.717, 1.165) is 6.26 Å². The highest BCUT2D eigenvalue weighted by Gasteiger charge is 2.09. The SMILES string of the molecule is CO/N=C(\C)c1ccccc1NS(C)(=O)=O. The van der Waals surface area contributed by atoms with Crippen LogP contribution in [0, 0.1) is 0 Å². The number of rotatable bonds is 4. The summed E-state index contributed by atoms with van der Waals surface area (Å²) in [5, 5.41) is 3.77. The second-order valence-electron chi connectivity index (χ2n) is 3.28. The second kappa shape index (κ2) is 4.98. The Morgan fingerprint density at radius 3 is 2.56 bits per heavy atom. The molecular weight excluding hydrogens is 228 g/mol. The van der Waals surface area contributed by atoms with Crippen LogP contribution in [0.15, 0.2) is 29.4 Å². The molecule has 0 unspecified atom stereocenters. The summed E-state index contributed by atoms with van der Waals surface area (Å²) in [4.78, 5) is 4.65. The van der Waals surface area contributed by atoms with E-state index in [1.807, 2.05) is 0 Å². The van der Waals surface area contributed by atoms with E-state index in [4.69, 9.17) is 0 Å². The number of hydrogen-bond donors (Lipinski definition) is 1. The molecule has 0 radical (unpaired) electrons. The van der Waals surface area contributed by atoms with Gasteiger partial charge in [0.15, 0.2) is 0 Å². The summed E-state index contributed by atoms with van der Waals surface area (Å²) in [6.45, 7) is 1.74. The van der Waals surface area contributed by atoms with Crippen molar-refractivity contribution in [1.82, 2.24) is 0 Å². The first-order chi connectivity index (χ1) is 7.44. The number of hydrogen-bond acceptors (Lipinski definition) is 4. The van der Waals surface area contributed by atoms with Crippen LogP contribution < -0.4 is 4.72 Å². The van der Waals surface area contributed by atoms with E-state index >= 15 is 0 Å². The van der Waals surface area contributed by atoms with E-state index in [0.29, 0.717) is 17.0 Å². The van der Waals surface area contributed by atoms with Crippen LogP contribution in [-0.4, -0.2) is 27.5 Å². The highest BCUT2D eigenvalue weighted by Crippen LogP contribution is 2.17. The Balaban J connectivity index is 3.15. The summed E-state index contributed by atoms with van der Waals surface area (Å²) in [7, 11) is -1.85. The lowest BCUT2D eigenvalue weighted by atomic mass is 10.1. The molecule has 5 nitrogen and oxygen atoms in total. The molecule has 0 aromatic heterocycles. The van der Waals surface area contributed by atoms with Gasteiger partial charge >= 0.3 is 0 Å². The number of anilines is 1. The monoisotopic (exact) mass is 242 g/mol. The van der Waals surface area contributed by atoms with Gasteiger partial charge < -0.3 is 4.84 Å². The van der Waals surface area contributed by atoms with Crippen molar-refractivity contribution in [3.8, 4) is 0 Å². The molecule has 0 amide bonds. The molecule has 1 aromatic rings. The van der Waals surface area contributed by atoms with Crippen LogP contribution >= 0.6 is 0 Å². The van der Waals surface area contributed by atoms with Crippen molar-refractivity contribution in [3.63, 3.8) is 0 Å². The molecule has 0 atom stereocenters. The number of oxime groups is 1. The van der Waals surface area contributed by atoms with Crippen molar-refractivity contribution in [3.05, 3.63) is 29.8 Å². The maximum atomic E-state index is 11.2. The van der Waals surface area contributed by atoms with Crippen molar-refractivity contribution < 1.29 is 13.3 Å². The predicted molar refractivity (Wildman–Crippen MR) is 64.1 cm³/mol. The van der Waals surface area contributed by atoms with Gasteiger partial charge in [0.05, 0.1) is 17.7 Å². The average Bonchev–Trinajstić information content (AvgIpc) is 2.16. The zero-order chi connectivity index (χ0) is 12.2. The summed E-state index contributed by atoms with van der Waals surface area (Å²) >= 11 is 0. The smallest absolute Gasteiger partial charge is 0.229 e. The van der Waals surface area contributed by atoms with Gasteiger partial charge in [-0.05, 0) is 13.0 Å². The van der Waals surface area contributed by atoms with Crippen molar-refractivity contribution in [2.45, 2.75) is 6.92 Å². The molecule has 0 spiro atoms. The third kappa shape index (κ3) is 3.54. The maximum Gasteiger partial charge on any atom is 0.229 e. The molecule has 0 aliphatic heterocycles. The topological polar surface area (TPSA) is 67.8 Å². The number of sulfonamides is 1. The number of benzene rings is 1. The van der Waals surface area contributed by atoms with Gasteiger partial charge in [0.25, 0.3) is 0 Å². The lowest BCUT2D eigenvalue weighted by Gasteiger charge is -2.09. The van der Waals surface area contributed by atoms with E-state index in [-0.39, 0.29) is 0 Å². The van der Waals surface area contributed by atoms with E-state index in [2.05, 4.69) is 14.7 Å². The first kappa shape index (κ1) is 12.5. The summed E-state index contributed by atoms with van der Waals surface area (Å²) in [5.74, 6) is 0. The Hall–Kier alpha value is -1.56. The lowest BCUT2D eigenvalue weighted by Crippen LogP contribution is -2.12. The highest BCUT2D eigenvalue weighted by molar-refractivity contribution is 7.92. The summed E-state index contributed by atoms with van der Waals surface area (Å²) in [6, 6.07) is 6.99. The molecule has 0 saturated heterocycles. The fourth-order valence-corrected chi connectivity index (χ4v) is 1.85. The van der Waals surface area contributed by atoms with Crippen molar-refractivity contribution in [2.24, 2.45) is 5.16 Å². The molecule has 1 aromatic carbocycles. The Morgan fingerprint density at radius 2 is 2.00 bits per heavy atom. The van der Waals surface area contributed by atoms with Gasteiger partial charge in [-0.25, -0.2) is 8.42 Å². The quantitative estimate of drug-likeness (QED) is 0.641. The van der Waals surface area contributed by atoms with Gasteiger partial charge in [0, 0.05) is 5.56 Å². The Morgan fingerprint density at radius 1 is 1.38 bits per heavy atom. The number of nitrogens with one attached hydrogen (secondary N) is 1. The summed E-state index contributed by atoms with van der Waals surface area (Å²) < 4.78 is 24.7. The third-order valence-electron chi connectivity index (χ3n) is 1.84. The Bertz CT molecular complexity index is 495. The molecule has 0 bridgehead atoms. The molecule has 1 N–H and O–H groups in total. The first-order valence-electron chi connectivity index (χ1n) is 4.59. The molecule has 1 rings (SSSR count). The molecule has 0 aliphatic rings. The van der Waals surface area contributed by atoms with E-state index in [1.165, 1.54) is 7.11 Å². The van der Waals surface area contributed by atoms with Crippen LogP contribution in [0.5, 0.6) is 0 Å². The number of para-hydroxylation sites is 1. The lowest BCUT2D eigenvalue weighted by molar-refractivity contribution is 0.213. The maximum absolute atomic E-state index is 11.2. The molecule has 0 aliphatic carbocycles. The molecule has 16 heavy (non-hydrogen) atoms. The Kier molecular flexibility index (Phi) is 3.89. The van der Waals surface area contributed by atoms with E-state index < -0.39 is 10.0 Å². The minimum absolute atomic E-state index is 0.489. The van der Waals surface area contributed by atoms with Gasteiger partial charge in [0.1, 0.15) is 7.11 Å². The van der Waals surface area contributed by atoms with Crippen molar-refractivity contribution in [1.29, 1.82) is 0 Å². The first-order valence-corrected chi connectivity index (χ1v) is 6.48. The van der Waals surface area contributed by atoms with Crippen LogP contribution in [-0.2, 0) is 14.9 Å². The Labute approximate surface area is 95.2 Å². The van der Waals surface area contributed by atoms with Crippen LogP contribution in [0.25, 0.3) is 0 Å². The van der Waals surface area contributed by atoms with Crippen LogP contribution in [0.2, 0.25) is 0 Å². The van der Waals surface area contributed by atoms with Gasteiger partial charge in [-0.2, -0.15) is 0 Å². The van der Waals surface area contributed by atoms with Gasteiger partial charge in [-0.3, -0.25) is 4.72 Å². The summed E-state index contributed by atoms with van der Waals surface area (Å²) in [6.07, 6.45) is 1.10. The van der Waals surface area contributed by atoms with Gasteiger partial charge in [0.2, 0.25) is 10.0 Å². The largest absolute Gasteiger partial charge is 0.399 e. The minimum atomic E-state index is -3.29. The third-order valence-corrected chi connectivity index (χ3v) is 2.43. The highest BCUT2D eigenvalue weighted by atomic mass is 32.2. The van der Waals surface area contributed by atoms with Gasteiger partial charge in [-0.15, -0.1) is 0 Å². The molecular formula is C10H14N2O3S. The molecule has 0 saturated carbocycles. The van der Waals surface area contributed by atoms with Crippen molar-refractivity contribution in [2.75, 3.05) is 18.1 Å². The van der Waals surface area contributed by atoms with Crippen LogP contribution in [0.3, 0.4) is 0 Å². The van der Waals surface area contributed by atoms with Crippen molar-refractivity contribution >= 4 is 21.4 Å². The normalized spacial score (nSPS) is 12.3. The predicted octanol–water partition coefficient (Wildman–Crippen LogP) is 1.43. The fourth-order valence-electron chi connectivity index (χ4n) is 1.27. The molecule has 88 valence electrons. The summed E-state index contributed by atoms with van der Waals surface area (Å²) in [5.41, 5.74) is 1.78. The van der Waals surface area contributed by atoms with Gasteiger partial charge in [-0.1, -0.05) is 23.4 Å². The van der Waals surface area contributed by atoms with Crippen LogP contribution in [0.1, 0.15) is 12.5 Å². The molecule has 0 fully saturated rings. The van der Waals surface area contributed by atoms with E-state index in [9.17, 15) is 8.42 Å². The molecule has 0 heterocycles.